The second-order valence-electron chi connectivity index (χ2n) is 5.45. The maximum absolute atomic E-state index is 12.4. The maximum Gasteiger partial charge on any atom is 0.239 e. The van der Waals surface area contributed by atoms with Crippen LogP contribution >= 0.6 is 0 Å². The molecule has 2 aliphatic heterocycles. The number of carbonyl (C=O) groups excluding carboxylic acids is 1. The predicted molar refractivity (Wildman–Crippen MR) is 76.9 cm³/mol. The van der Waals surface area contributed by atoms with E-state index in [2.05, 4.69) is 10.2 Å². The van der Waals surface area contributed by atoms with Crippen molar-refractivity contribution in [2.45, 2.75) is 13.0 Å². The van der Waals surface area contributed by atoms with Gasteiger partial charge in [-0.1, -0.05) is 0 Å². The van der Waals surface area contributed by atoms with Crippen LogP contribution in [-0.4, -0.2) is 93.1 Å². The van der Waals surface area contributed by atoms with Gasteiger partial charge in [-0.15, -0.1) is 0 Å². The Bertz CT molecular complexity index is 440. The van der Waals surface area contributed by atoms with Crippen molar-refractivity contribution in [1.29, 1.82) is 0 Å². The van der Waals surface area contributed by atoms with Crippen molar-refractivity contribution in [2.75, 3.05) is 58.6 Å². The molecule has 20 heavy (non-hydrogen) atoms. The zero-order valence-electron chi connectivity index (χ0n) is 12.2. The standard InChI is InChI=1S/C12H24N4O3S/c1-11(14-5-3-13-4-6-14)12(17)15-7-9-16(10-8-15)20(2,18)19/h11,13H,3-10H2,1-2H3. The lowest BCUT2D eigenvalue weighted by atomic mass is 10.2. The molecule has 2 saturated heterocycles. The molecular formula is C12H24N4O3S. The van der Waals surface area contributed by atoms with Crippen LogP contribution in [0.2, 0.25) is 0 Å². The molecule has 2 fully saturated rings. The number of nitrogens with one attached hydrogen (secondary N) is 1. The highest BCUT2D eigenvalue weighted by Gasteiger charge is 2.31. The largest absolute Gasteiger partial charge is 0.339 e. The van der Waals surface area contributed by atoms with Gasteiger partial charge in [0.05, 0.1) is 12.3 Å². The first kappa shape index (κ1) is 15.7. The average Bonchev–Trinajstić information content (AvgIpc) is 2.46. The Kier molecular flexibility index (Phi) is 5.00. The van der Waals surface area contributed by atoms with Crippen LogP contribution in [0.15, 0.2) is 0 Å². The second kappa shape index (κ2) is 6.38. The number of piperazine rings is 2. The summed E-state index contributed by atoms with van der Waals surface area (Å²) in [5, 5.41) is 3.27. The molecular weight excluding hydrogens is 280 g/mol. The van der Waals surface area contributed by atoms with Gasteiger partial charge in [-0.2, -0.15) is 4.31 Å². The minimum Gasteiger partial charge on any atom is -0.339 e. The van der Waals surface area contributed by atoms with Crippen LogP contribution in [-0.2, 0) is 14.8 Å². The summed E-state index contributed by atoms with van der Waals surface area (Å²) in [7, 11) is -3.14. The Labute approximate surface area is 120 Å². The van der Waals surface area contributed by atoms with Crippen molar-refractivity contribution in [1.82, 2.24) is 19.4 Å². The molecule has 8 heteroatoms. The lowest BCUT2D eigenvalue weighted by Gasteiger charge is -2.38. The fourth-order valence-electron chi connectivity index (χ4n) is 2.73. The number of nitrogens with zero attached hydrogens (tertiary/aromatic N) is 3. The number of amides is 1. The normalized spacial score (nSPS) is 24.6. The number of sulfonamides is 1. The third-order valence-electron chi connectivity index (χ3n) is 4.08. The molecule has 116 valence electrons. The van der Waals surface area contributed by atoms with Crippen molar-refractivity contribution in [3.63, 3.8) is 0 Å². The fraction of sp³-hybridized carbons (Fsp3) is 0.917. The summed E-state index contributed by atoms with van der Waals surface area (Å²) in [5.74, 6) is 0.111. The molecule has 0 aromatic carbocycles. The van der Waals surface area contributed by atoms with Gasteiger partial charge in [0.1, 0.15) is 0 Å². The van der Waals surface area contributed by atoms with Crippen LogP contribution in [0.4, 0.5) is 0 Å². The van der Waals surface area contributed by atoms with Gasteiger partial charge in [0.25, 0.3) is 0 Å². The third-order valence-corrected chi connectivity index (χ3v) is 5.38. The molecule has 0 aromatic rings. The van der Waals surface area contributed by atoms with E-state index in [0.29, 0.717) is 26.2 Å². The van der Waals surface area contributed by atoms with Crippen molar-refractivity contribution < 1.29 is 13.2 Å². The molecule has 2 rings (SSSR count). The van der Waals surface area contributed by atoms with E-state index in [-0.39, 0.29) is 11.9 Å². The van der Waals surface area contributed by atoms with Crippen LogP contribution in [0.5, 0.6) is 0 Å². The van der Waals surface area contributed by atoms with Crippen molar-refractivity contribution in [3.8, 4) is 0 Å². The fourth-order valence-corrected chi connectivity index (χ4v) is 3.56. The summed E-state index contributed by atoms with van der Waals surface area (Å²) in [6, 6.07) is -0.123. The molecule has 1 amide bonds. The van der Waals surface area contributed by atoms with Crippen LogP contribution in [0.3, 0.4) is 0 Å². The van der Waals surface area contributed by atoms with Gasteiger partial charge in [0.2, 0.25) is 15.9 Å². The van der Waals surface area contributed by atoms with Crippen LogP contribution in [0.25, 0.3) is 0 Å². The quantitative estimate of drug-likeness (QED) is 0.679. The van der Waals surface area contributed by atoms with Gasteiger partial charge in [0, 0.05) is 52.4 Å². The van der Waals surface area contributed by atoms with E-state index in [9.17, 15) is 13.2 Å². The van der Waals surface area contributed by atoms with Gasteiger partial charge in [0.15, 0.2) is 0 Å². The van der Waals surface area contributed by atoms with E-state index in [4.69, 9.17) is 0 Å². The maximum atomic E-state index is 12.4. The zero-order valence-corrected chi connectivity index (χ0v) is 13.0. The zero-order chi connectivity index (χ0) is 14.8. The Morgan fingerprint density at radius 1 is 1.05 bits per heavy atom. The molecule has 0 aliphatic carbocycles. The van der Waals surface area contributed by atoms with E-state index < -0.39 is 10.0 Å². The van der Waals surface area contributed by atoms with E-state index in [1.165, 1.54) is 10.6 Å². The van der Waals surface area contributed by atoms with Crippen molar-refractivity contribution in [3.05, 3.63) is 0 Å². The lowest BCUT2D eigenvalue weighted by Crippen LogP contribution is -2.57. The number of carbonyl (C=O) groups is 1. The predicted octanol–water partition coefficient (Wildman–Crippen LogP) is -1.62. The molecule has 0 bridgehead atoms. The molecule has 0 radical (unpaired) electrons. The van der Waals surface area contributed by atoms with E-state index in [0.717, 1.165) is 26.2 Å². The number of hydrogen-bond acceptors (Lipinski definition) is 5. The van der Waals surface area contributed by atoms with Crippen molar-refractivity contribution in [2.24, 2.45) is 0 Å². The highest BCUT2D eigenvalue weighted by molar-refractivity contribution is 7.88. The average molecular weight is 304 g/mol. The molecule has 2 aliphatic rings. The smallest absolute Gasteiger partial charge is 0.239 e. The Balaban J connectivity index is 1.88. The molecule has 0 saturated carbocycles. The molecule has 0 spiro atoms. The van der Waals surface area contributed by atoms with Crippen LogP contribution in [0, 0.1) is 0 Å². The van der Waals surface area contributed by atoms with Crippen LogP contribution < -0.4 is 5.32 Å². The summed E-state index contributed by atoms with van der Waals surface area (Å²) in [6.45, 7) is 7.32. The lowest BCUT2D eigenvalue weighted by molar-refractivity contribution is -0.137. The summed E-state index contributed by atoms with van der Waals surface area (Å²) < 4.78 is 24.3. The highest BCUT2D eigenvalue weighted by Crippen LogP contribution is 2.10. The Morgan fingerprint density at radius 3 is 2.10 bits per heavy atom. The first-order chi connectivity index (χ1) is 9.39. The topological polar surface area (TPSA) is 73.0 Å². The van der Waals surface area contributed by atoms with Gasteiger partial charge in [-0.05, 0) is 6.92 Å². The second-order valence-corrected chi connectivity index (χ2v) is 7.43. The third kappa shape index (κ3) is 3.69. The van der Waals surface area contributed by atoms with Gasteiger partial charge < -0.3 is 10.2 Å². The van der Waals surface area contributed by atoms with Crippen LogP contribution in [0.1, 0.15) is 6.92 Å². The Hall–Kier alpha value is -0.700. The summed E-state index contributed by atoms with van der Waals surface area (Å²) in [5.41, 5.74) is 0. The molecule has 7 nitrogen and oxygen atoms in total. The first-order valence-electron chi connectivity index (χ1n) is 7.08. The van der Waals surface area contributed by atoms with E-state index in [1.807, 2.05) is 6.92 Å². The molecule has 2 heterocycles. The Morgan fingerprint density at radius 2 is 1.60 bits per heavy atom. The summed E-state index contributed by atoms with van der Waals surface area (Å²) in [6.07, 6.45) is 1.22. The monoisotopic (exact) mass is 304 g/mol. The van der Waals surface area contributed by atoms with Gasteiger partial charge in [-0.25, -0.2) is 8.42 Å². The molecule has 1 atom stereocenters. The number of rotatable bonds is 3. The molecule has 0 aromatic heterocycles. The minimum atomic E-state index is -3.14. The number of hydrogen-bond donors (Lipinski definition) is 1. The summed E-state index contributed by atoms with van der Waals surface area (Å²) >= 11 is 0. The van der Waals surface area contributed by atoms with E-state index in [1.54, 1.807) is 4.90 Å². The molecule has 1 unspecified atom stereocenters. The molecule has 1 N–H and O–H groups in total. The first-order valence-corrected chi connectivity index (χ1v) is 8.93. The van der Waals surface area contributed by atoms with Gasteiger partial charge >= 0.3 is 0 Å². The van der Waals surface area contributed by atoms with Crippen molar-refractivity contribution >= 4 is 15.9 Å². The minimum absolute atomic E-state index is 0.111. The SMILES string of the molecule is CC(C(=O)N1CCN(S(C)(=O)=O)CC1)N1CCNCC1. The highest BCUT2D eigenvalue weighted by atomic mass is 32.2. The van der Waals surface area contributed by atoms with Gasteiger partial charge in [-0.3, -0.25) is 9.69 Å². The van der Waals surface area contributed by atoms with E-state index >= 15 is 0 Å². The summed E-state index contributed by atoms with van der Waals surface area (Å²) in [4.78, 5) is 16.4.